The van der Waals surface area contributed by atoms with E-state index in [1.165, 1.54) is 6.33 Å². The van der Waals surface area contributed by atoms with E-state index in [4.69, 9.17) is 0 Å². The fourth-order valence-corrected chi connectivity index (χ4v) is 2.05. The van der Waals surface area contributed by atoms with Crippen molar-refractivity contribution in [3.05, 3.63) is 23.7 Å². The lowest BCUT2D eigenvalue weighted by Gasteiger charge is -1.99. The molecule has 0 aliphatic rings. The number of thioether (sulfide) groups is 1. The van der Waals surface area contributed by atoms with Gasteiger partial charge in [-0.1, -0.05) is 34.3 Å². The number of nitrogens with zero attached hydrogens (tertiary/aromatic N) is 3. The molecule has 2 aromatic rings. The highest BCUT2D eigenvalue weighted by Crippen LogP contribution is 2.24. The largest absolute Gasteiger partial charge is 0.341 e. The molecule has 6 heteroatoms. The van der Waals surface area contributed by atoms with Crippen LogP contribution in [0.4, 0.5) is 0 Å². The highest BCUT2D eigenvalue weighted by atomic mass is 79.9. The molecule has 0 aliphatic carbocycles. The average Bonchev–Trinajstić information content (AvgIpc) is 2.62. The number of aromatic nitrogens is 4. The summed E-state index contributed by atoms with van der Waals surface area (Å²) in [5.41, 5.74) is 1.58. The van der Waals surface area contributed by atoms with E-state index in [0.29, 0.717) is 5.65 Å². The van der Waals surface area contributed by atoms with E-state index in [1.54, 1.807) is 18.1 Å². The molecule has 0 amide bonds. The second-order valence-electron chi connectivity index (χ2n) is 2.59. The number of nitrogens with one attached hydrogen (secondary N) is 1. The van der Waals surface area contributed by atoms with Crippen LogP contribution in [0, 0.1) is 0 Å². The zero-order valence-corrected chi connectivity index (χ0v) is 9.60. The molecule has 0 unspecified atom stereocenters. The first kappa shape index (κ1) is 9.67. The second-order valence-corrected chi connectivity index (χ2v) is 4.67. The van der Waals surface area contributed by atoms with Gasteiger partial charge in [0.1, 0.15) is 16.9 Å². The van der Waals surface area contributed by atoms with Crippen molar-refractivity contribution in [2.45, 2.75) is 5.03 Å². The lowest BCUT2D eigenvalue weighted by molar-refractivity contribution is 1.09. The third-order valence-electron chi connectivity index (χ3n) is 1.55. The van der Waals surface area contributed by atoms with Crippen molar-refractivity contribution in [2.24, 2.45) is 0 Å². The molecule has 0 radical (unpaired) electrons. The van der Waals surface area contributed by atoms with Crippen LogP contribution in [0.3, 0.4) is 0 Å². The monoisotopic (exact) mass is 270 g/mol. The first-order chi connectivity index (χ1) is 6.77. The number of halogens is 1. The molecule has 1 N–H and O–H groups in total. The fourth-order valence-electron chi connectivity index (χ4n) is 0.999. The molecule has 0 saturated carbocycles. The molecular weight excluding hydrogens is 264 g/mol. The lowest BCUT2D eigenvalue weighted by atomic mass is 10.6. The van der Waals surface area contributed by atoms with E-state index >= 15 is 0 Å². The number of hydrogen-bond donors (Lipinski definition) is 1. The summed E-state index contributed by atoms with van der Waals surface area (Å²) in [6.45, 7) is 3.76. The summed E-state index contributed by atoms with van der Waals surface area (Å²) in [5.74, 6) is 0.783. The number of imidazole rings is 1. The Balaban J connectivity index is 2.32. The molecule has 0 atom stereocenters. The van der Waals surface area contributed by atoms with Gasteiger partial charge >= 0.3 is 0 Å². The molecule has 0 aliphatic heterocycles. The van der Waals surface area contributed by atoms with Gasteiger partial charge in [0, 0.05) is 5.75 Å². The van der Waals surface area contributed by atoms with Crippen LogP contribution in [0.5, 0.6) is 0 Å². The molecule has 0 aromatic carbocycles. The van der Waals surface area contributed by atoms with Crippen molar-refractivity contribution in [3.8, 4) is 0 Å². The Kier molecular flexibility index (Phi) is 2.83. The predicted molar refractivity (Wildman–Crippen MR) is 60.5 cm³/mol. The Morgan fingerprint density at radius 3 is 3.14 bits per heavy atom. The molecule has 0 saturated heterocycles. The summed E-state index contributed by atoms with van der Waals surface area (Å²) in [6.07, 6.45) is 3.13. The van der Waals surface area contributed by atoms with E-state index in [9.17, 15) is 0 Å². The third kappa shape index (κ3) is 1.96. The minimum absolute atomic E-state index is 0.697. The van der Waals surface area contributed by atoms with Crippen LogP contribution in [-0.2, 0) is 0 Å². The molecule has 0 bridgehead atoms. The van der Waals surface area contributed by atoms with Crippen molar-refractivity contribution in [3.63, 3.8) is 0 Å². The standard InChI is InChI=1S/C8H7BrN4S/c1-5(9)2-14-8-6-7(11-3-10-6)12-4-13-8/h3-4H,1-2H2,(H,10,11,12,13). The van der Waals surface area contributed by atoms with Gasteiger partial charge in [-0.3, -0.25) is 0 Å². The molecule has 2 rings (SSSR count). The van der Waals surface area contributed by atoms with Crippen LogP contribution < -0.4 is 0 Å². The lowest BCUT2D eigenvalue weighted by Crippen LogP contribution is -1.87. The summed E-state index contributed by atoms with van der Waals surface area (Å²) >= 11 is 4.90. The third-order valence-corrected chi connectivity index (χ3v) is 3.28. The predicted octanol–water partition coefficient (Wildman–Crippen LogP) is 2.35. The van der Waals surface area contributed by atoms with E-state index in [-0.39, 0.29) is 0 Å². The van der Waals surface area contributed by atoms with E-state index in [0.717, 1.165) is 20.8 Å². The van der Waals surface area contributed by atoms with Crippen molar-refractivity contribution in [1.29, 1.82) is 0 Å². The molecule has 2 aromatic heterocycles. The minimum atomic E-state index is 0.697. The van der Waals surface area contributed by atoms with E-state index in [1.807, 2.05) is 0 Å². The Morgan fingerprint density at radius 1 is 1.50 bits per heavy atom. The first-order valence-corrected chi connectivity index (χ1v) is 5.65. The maximum Gasteiger partial charge on any atom is 0.181 e. The number of hydrogen-bond acceptors (Lipinski definition) is 4. The highest BCUT2D eigenvalue weighted by Gasteiger charge is 2.05. The Labute approximate surface area is 93.4 Å². The Bertz CT molecular complexity index is 467. The van der Waals surface area contributed by atoms with Crippen LogP contribution in [0.1, 0.15) is 0 Å². The van der Waals surface area contributed by atoms with Crippen molar-refractivity contribution < 1.29 is 0 Å². The van der Waals surface area contributed by atoms with Gasteiger partial charge in [0.2, 0.25) is 0 Å². The van der Waals surface area contributed by atoms with Gasteiger partial charge in [-0.25, -0.2) is 15.0 Å². The molecule has 0 fully saturated rings. The van der Waals surface area contributed by atoms with Gasteiger partial charge in [-0.15, -0.1) is 0 Å². The van der Waals surface area contributed by atoms with Crippen LogP contribution in [0.15, 0.2) is 28.7 Å². The Morgan fingerprint density at radius 2 is 2.36 bits per heavy atom. The number of rotatable bonds is 3. The van der Waals surface area contributed by atoms with Gasteiger partial charge in [0.05, 0.1) is 6.33 Å². The summed E-state index contributed by atoms with van der Waals surface area (Å²) in [6, 6.07) is 0. The van der Waals surface area contributed by atoms with E-state index in [2.05, 4.69) is 42.4 Å². The van der Waals surface area contributed by atoms with E-state index < -0.39 is 0 Å². The zero-order valence-electron chi connectivity index (χ0n) is 7.20. The summed E-state index contributed by atoms with van der Waals surface area (Å²) in [7, 11) is 0. The van der Waals surface area contributed by atoms with Crippen LogP contribution in [0.2, 0.25) is 0 Å². The summed E-state index contributed by atoms with van der Waals surface area (Å²) in [5, 5.41) is 0.896. The molecule has 0 spiro atoms. The van der Waals surface area contributed by atoms with Gasteiger partial charge in [0.15, 0.2) is 5.65 Å². The molecule has 72 valence electrons. The van der Waals surface area contributed by atoms with Crippen molar-refractivity contribution >= 4 is 38.9 Å². The maximum absolute atomic E-state index is 4.17. The molecule has 2 heterocycles. The van der Waals surface area contributed by atoms with Gasteiger partial charge in [-0.2, -0.15) is 0 Å². The quantitative estimate of drug-likeness (QED) is 0.687. The van der Waals surface area contributed by atoms with Gasteiger partial charge < -0.3 is 4.98 Å². The molecule has 14 heavy (non-hydrogen) atoms. The maximum atomic E-state index is 4.17. The second kappa shape index (κ2) is 4.10. The first-order valence-electron chi connectivity index (χ1n) is 3.87. The average molecular weight is 271 g/mol. The number of fused-ring (bicyclic) bond motifs is 1. The van der Waals surface area contributed by atoms with Crippen LogP contribution in [0.25, 0.3) is 11.2 Å². The summed E-state index contributed by atoms with van der Waals surface area (Å²) in [4.78, 5) is 15.3. The highest BCUT2D eigenvalue weighted by molar-refractivity contribution is 9.11. The smallest absolute Gasteiger partial charge is 0.181 e. The van der Waals surface area contributed by atoms with Crippen molar-refractivity contribution in [2.75, 3.05) is 5.75 Å². The van der Waals surface area contributed by atoms with Gasteiger partial charge in [0.25, 0.3) is 0 Å². The minimum Gasteiger partial charge on any atom is -0.341 e. The molecular formula is C8H7BrN4S. The summed E-state index contributed by atoms with van der Waals surface area (Å²) < 4.78 is 0.939. The molecule has 4 nitrogen and oxygen atoms in total. The van der Waals surface area contributed by atoms with Crippen molar-refractivity contribution in [1.82, 2.24) is 19.9 Å². The SMILES string of the molecule is C=C(Br)CSc1ncnc2nc[nH]c12. The van der Waals surface area contributed by atoms with Crippen LogP contribution >= 0.6 is 27.7 Å². The van der Waals surface area contributed by atoms with Gasteiger partial charge in [-0.05, 0) is 4.48 Å². The van der Waals surface area contributed by atoms with Crippen LogP contribution in [-0.4, -0.2) is 25.7 Å². The topological polar surface area (TPSA) is 54.5 Å². The number of aromatic amines is 1. The Hall–Kier alpha value is -0.880. The zero-order chi connectivity index (χ0) is 9.97. The fraction of sp³-hybridized carbons (Fsp3) is 0.125. The number of H-pyrrole nitrogens is 1. The normalized spacial score (nSPS) is 10.6.